The lowest BCUT2D eigenvalue weighted by Crippen LogP contribution is -2.20. The average Bonchev–Trinajstić information content (AvgIpc) is 2.06. The van der Waals surface area contributed by atoms with Gasteiger partial charge in [0.15, 0.2) is 0 Å². The van der Waals surface area contributed by atoms with Gasteiger partial charge in [-0.15, -0.1) is 12.4 Å². The Morgan fingerprint density at radius 2 is 1.88 bits per heavy atom. The molecular formula is C9H9BrClF4N. The Kier molecular flexibility index (Phi) is 5.72. The summed E-state index contributed by atoms with van der Waals surface area (Å²) in [6.07, 6.45) is -5.44. The van der Waals surface area contributed by atoms with Gasteiger partial charge in [0, 0.05) is 6.04 Å². The van der Waals surface area contributed by atoms with E-state index in [1.165, 1.54) is 12.1 Å². The van der Waals surface area contributed by atoms with Crippen LogP contribution in [-0.4, -0.2) is 6.18 Å². The van der Waals surface area contributed by atoms with Crippen LogP contribution in [0, 0.1) is 5.82 Å². The van der Waals surface area contributed by atoms with Gasteiger partial charge >= 0.3 is 6.18 Å². The molecule has 0 bridgehead atoms. The minimum absolute atomic E-state index is 0. The number of halogens is 6. The van der Waals surface area contributed by atoms with Crippen molar-refractivity contribution in [1.82, 2.24) is 0 Å². The Hall–Kier alpha value is -0.330. The smallest absolute Gasteiger partial charge is 0.324 e. The predicted molar refractivity (Wildman–Crippen MR) is 58.9 cm³/mol. The summed E-state index contributed by atoms with van der Waals surface area (Å²) in [7, 11) is 0. The molecule has 92 valence electrons. The molecule has 16 heavy (non-hydrogen) atoms. The highest BCUT2D eigenvalue weighted by atomic mass is 79.9. The third-order valence-electron chi connectivity index (χ3n) is 1.82. The topological polar surface area (TPSA) is 26.0 Å². The van der Waals surface area contributed by atoms with Gasteiger partial charge in [-0.3, -0.25) is 0 Å². The molecule has 1 nitrogen and oxygen atoms in total. The molecule has 2 N–H and O–H groups in total. The second-order valence-corrected chi connectivity index (χ2v) is 3.95. The first-order valence-corrected chi connectivity index (χ1v) is 4.86. The first-order valence-electron chi connectivity index (χ1n) is 4.07. The third-order valence-corrected chi connectivity index (χ3v) is 2.43. The van der Waals surface area contributed by atoms with Gasteiger partial charge in [-0.25, -0.2) is 4.39 Å². The Morgan fingerprint density at radius 3 is 2.31 bits per heavy atom. The fourth-order valence-electron chi connectivity index (χ4n) is 1.11. The van der Waals surface area contributed by atoms with Gasteiger partial charge < -0.3 is 5.73 Å². The maximum absolute atomic E-state index is 12.8. The normalized spacial score (nSPS) is 13.1. The Balaban J connectivity index is 0.00000225. The zero-order valence-corrected chi connectivity index (χ0v) is 10.3. The number of benzene rings is 1. The fraction of sp³-hybridized carbons (Fsp3) is 0.333. The van der Waals surface area contributed by atoms with E-state index >= 15 is 0 Å². The highest BCUT2D eigenvalue weighted by molar-refractivity contribution is 9.10. The van der Waals surface area contributed by atoms with Crippen molar-refractivity contribution in [3.05, 3.63) is 34.1 Å². The molecule has 0 unspecified atom stereocenters. The van der Waals surface area contributed by atoms with Gasteiger partial charge in [0.05, 0.1) is 10.9 Å². The number of hydrogen-bond acceptors (Lipinski definition) is 1. The van der Waals surface area contributed by atoms with E-state index in [-0.39, 0.29) is 22.4 Å². The van der Waals surface area contributed by atoms with Crippen LogP contribution in [0.25, 0.3) is 0 Å². The van der Waals surface area contributed by atoms with Gasteiger partial charge in [0.25, 0.3) is 0 Å². The van der Waals surface area contributed by atoms with E-state index in [0.717, 1.165) is 6.07 Å². The lowest BCUT2D eigenvalue weighted by Gasteiger charge is -2.14. The van der Waals surface area contributed by atoms with Gasteiger partial charge in [0.1, 0.15) is 5.82 Å². The molecule has 0 aliphatic heterocycles. The van der Waals surface area contributed by atoms with E-state index in [1.54, 1.807) is 0 Å². The van der Waals surface area contributed by atoms with Crippen molar-refractivity contribution >= 4 is 28.3 Å². The minimum atomic E-state index is -4.32. The van der Waals surface area contributed by atoms with E-state index in [0.29, 0.717) is 0 Å². The van der Waals surface area contributed by atoms with Crippen LogP contribution in [0.2, 0.25) is 0 Å². The second-order valence-electron chi connectivity index (χ2n) is 3.10. The molecular weight excluding hydrogens is 313 g/mol. The van der Waals surface area contributed by atoms with Crippen molar-refractivity contribution in [3.8, 4) is 0 Å². The predicted octanol–water partition coefficient (Wildman–Crippen LogP) is 3.96. The van der Waals surface area contributed by atoms with Crippen molar-refractivity contribution < 1.29 is 17.6 Å². The lowest BCUT2D eigenvalue weighted by atomic mass is 10.0. The number of alkyl halides is 3. The summed E-state index contributed by atoms with van der Waals surface area (Å²) in [5.74, 6) is -0.530. The quantitative estimate of drug-likeness (QED) is 0.819. The zero-order chi connectivity index (χ0) is 11.6. The largest absolute Gasteiger partial charge is 0.390 e. The monoisotopic (exact) mass is 321 g/mol. The molecule has 0 radical (unpaired) electrons. The standard InChI is InChI=1S/C9H8BrF4N.ClH/c10-6-3-5(1-2-7(6)11)8(15)4-9(12,13)14;/h1-3,8H,4,15H2;1H/t8-;/m1./s1. The highest BCUT2D eigenvalue weighted by Crippen LogP contribution is 2.29. The maximum Gasteiger partial charge on any atom is 0.390 e. The molecule has 0 fully saturated rings. The van der Waals surface area contributed by atoms with Gasteiger partial charge in [0.2, 0.25) is 0 Å². The highest BCUT2D eigenvalue weighted by Gasteiger charge is 2.31. The van der Waals surface area contributed by atoms with Gasteiger partial charge in [-0.1, -0.05) is 6.07 Å². The minimum Gasteiger partial charge on any atom is -0.324 e. The second kappa shape index (κ2) is 5.84. The summed E-state index contributed by atoms with van der Waals surface area (Å²) in [6, 6.07) is 2.42. The van der Waals surface area contributed by atoms with E-state index in [4.69, 9.17) is 5.73 Å². The van der Waals surface area contributed by atoms with Crippen LogP contribution in [0.4, 0.5) is 17.6 Å². The molecule has 0 amide bonds. The van der Waals surface area contributed by atoms with Crippen molar-refractivity contribution in [2.75, 3.05) is 0 Å². The zero-order valence-electron chi connectivity index (χ0n) is 7.89. The van der Waals surface area contributed by atoms with Gasteiger partial charge in [-0.2, -0.15) is 13.2 Å². The maximum atomic E-state index is 12.8. The van der Waals surface area contributed by atoms with Crippen LogP contribution in [0.1, 0.15) is 18.0 Å². The molecule has 1 rings (SSSR count). The van der Waals surface area contributed by atoms with Gasteiger partial charge in [-0.05, 0) is 33.6 Å². The Bertz CT molecular complexity index is 356. The molecule has 7 heteroatoms. The molecule has 1 aromatic rings. The number of rotatable bonds is 2. The molecule has 1 atom stereocenters. The van der Waals surface area contributed by atoms with Crippen LogP contribution >= 0.6 is 28.3 Å². The van der Waals surface area contributed by atoms with E-state index in [9.17, 15) is 17.6 Å². The summed E-state index contributed by atoms with van der Waals surface area (Å²) in [5, 5.41) is 0. The third kappa shape index (κ3) is 4.67. The summed E-state index contributed by atoms with van der Waals surface area (Å²) in [5.41, 5.74) is 5.59. The molecule has 0 saturated heterocycles. The van der Waals surface area contributed by atoms with Crippen LogP contribution in [0.5, 0.6) is 0 Å². The SMILES string of the molecule is Cl.N[C@H](CC(F)(F)F)c1ccc(F)c(Br)c1. The molecule has 0 aliphatic rings. The van der Waals surface area contributed by atoms with Crippen molar-refractivity contribution in [1.29, 1.82) is 0 Å². The summed E-state index contributed by atoms with van der Waals surface area (Å²) < 4.78 is 48.9. The molecule has 0 aliphatic carbocycles. The first kappa shape index (κ1) is 15.7. The molecule has 0 saturated carbocycles. The lowest BCUT2D eigenvalue weighted by molar-refractivity contribution is -0.138. The summed E-state index contributed by atoms with van der Waals surface area (Å²) in [4.78, 5) is 0. The Labute approximate surface area is 105 Å². The molecule has 0 heterocycles. The van der Waals surface area contributed by atoms with Crippen LogP contribution in [0.3, 0.4) is 0 Å². The fourth-order valence-corrected chi connectivity index (χ4v) is 1.51. The first-order chi connectivity index (χ1) is 6.79. The van der Waals surface area contributed by atoms with E-state index in [2.05, 4.69) is 15.9 Å². The average molecular weight is 323 g/mol. The Morgan fingerprint density at radius 1 is 1.31 bits per heavy atom. The molecule has 0 aromatic heterocycles. The summed E-state index contributed by atoms with van der Waals surface area (Å²) >= 11 is 2.88. The van der Waals surface area contributed by atoms with Crippen molar-refractivity contribution in [3.63, 3.8) is 0 Å². The van der Waals surface area contributed by atoms with Crippen molar-refractivity contribution in [2.24, 2.45) is 5.73 Å². The van der Waals surface area contributed by atoms with Crippen LogP contribution in [-0.2, 0) is 0 Å². The van der Waals surface area contributed by atoms with Crippen LogP contribution in [0.15, 0.2) is 22.7 Å². The van der Waals surface area contributed by atoms with Crippen LogP contribution < -0.4 is 5.73 Å². The molecule has 1 aromatic carbocycles. The number of hydrogen-bond donors (Lipinski definition) is 1. The van der Waals surface area contributed by atoms with Crippen molar-refractivity contribution in [2.45, 2.75) is 18.6 Å². The summed E-state index contributed by atoms with van der Waals surface area (Å²) in [6.45, 7) is 0. The van der Waals surface area contributed by atoms with E-state index in [1.807, 2.05) is 0 Å². The number of nitrogens with two attached hydrogens (primary N) is 1. The molecule has 0 spiro atoms. The van der Waals surface area contributed by atoms with E-state index < -0.39 is 24.5 Å².